The summed E-state index contributed by atoms with van der Waals surface area (Å²) in [5.74, 6) is -0.277. The molecule has 0 atom stereocenters. The number of benzene rings is 1. The summed E-state index contributed by atoms with van der Waals surface area (Å²) in [4.78, 5) is 0. The number of hydrogen-bond acceptors (Lipinski definition) is 3. The number of aromatic nitrogens is 1. The van der Waals surface area contributed by atoms with E-state index in [2.05, 4.69) is 20.3 Å². The molecule has 0 radical (unpaired) electrons. The van der Waals surface area contributed by atoms with E-state index >= 15 is 0 Å². The van der Waals surface area contributed by atoms with Gasteiger partial charge in [0.05, 0.1) is 4.47 Å². The van der Waals surface area contributed by atoms with E-state index in [1.807, 2.05) is 0 Å². The highest BCUT2D eigenvalue weighted by Crippen LogP contribution is 2.34. The summed E-state index contributed by atoms with van der Waals surface area (Å²) in [5.41, 5.74) is 7.05. The molecule has 0 aliphatic heterocycles. The second-order valence-corrected chi connectivity index (χ2v) is 4.32. The zero-order chi connectivity index (χ0) is 10.1. The Labute approximate surface area is 92.9 Å². The molecule has 0 amide bonds. The molecule has 1 aromatic heterocycles. The van der Waals surface area contributed by atoms with E-state index < -0.39 is 0 Å². The first-order valence-corrected chi connectivity index (χ1v) is 5.41. The van der Waals surface area contributed by atoms with E-state index in [9.17, 15) is 4.39 Å². The lowest BCUT2D eigenvalue weighted by Gasteiger charge is -1.97. The quantitative estimate of drug-likeness (QED) is 0.865. The van der Waals surface area contributed by atoms with Crippen LogP contribution < -0.4 is 5.73 Å². The molecule has 0 bridgehead atoms. The van der Waals surface area contributed by atoms with Crippen LogP contribution in [0.15, 0.2) is 28.7 Å². The van der Waals surface area contributed by atoms with Gasteiger partial charge >= 0.3 is 0 Å². The fourth-order valence-corrected chi connectivity index (χ4v) is 2.32. The van der Waals surface area contributed by atoms with Gasteiger partial charge in [-0.3, -0.25) is 0 Å². The number of hydrogen-bond donors (Lipinski definition) is 1. The molecule has 0 aliphatic rings. The van der Waals surface area contributed by atoms with Crippen LogP contribution in [0, 0.1) is 5.82 Å². The summed E-state index contributed by atoms with van der Waals surface area (Å²) in [6, 6.07) is 6.27. The lowest BCUT2D eigenvalue weighted by Crippen LogP contribution is -1.82. The minimum atomic E-state index is -0.277. The number of halogens is 2. The molecule has 2 aromatic rings. The van der Waals surface area contributed by atoms with Crippen molar-refractivity contribution in [3.05, 3.63) is 34.6 Å². The van der Waals surface area contributed by atoms with Crippen molar-refractivity contribution in [2.24, 2.45) is 0 Å². The third-order valence-corrected chi connectivity index (χ3v) is 3.50. The van der Waals surface area contributed by atoms with Crippen molar-refractivity contribution in [3.8, 4) is 11.3 Å². The lowest BCUT2D eigenvalue weighted by atomic mass is 10.1. The summed E-state index contributed by atoms with van der Waals surface area (Å²) in [6.07, 6.45) is 0. The van der Waals surface area contributed by atoms with Crippen molar-refractivity contribution in [1.82, 2.24) is 4.37 Å². The SMILES string of the molecule is Nc1snc(-c2cccc(F)c2)c1Br. The van der Waals surface area contributed by atoms with Crippen LogP contribution in [0.4, 0.5) is 9.39 Å². The van der Waals surface area contributed by atoms with Crippen molar-refractivity contribution in [2.75, 3.05) is 5.73 Å². The Bertz CT molecular complexity index is 470. The van der Waals surface area contributed by atoms with E-state index in [0.717, 1.165) is 10.0 Å². The van der Waals surface area contributed by atoms with Crippen LogP contribution >= 0.6 is 27.5 Å². The predicted molar refractivity (Wildman–Crippen MR) is 59.6 cm³/mol. The monoisotopic (exact) mass is 272 g/mol. The number of nitrogen functional groups attached to an aromatic ring is 1. The Hall–Kier alpha value is -0.940. The maximum Gasteiger partial charge on any atom is 0.123 e. The zero-order valence-electron chi connectivity index (χ0n) is 7.00. The fraction of sp³-hybridized carbons (Fsp3) is 0. The summed E-state index contributed by atoms with van der Waals surface area (Å²) >= 11 is 4.50. The van der Waals surface area contributed by atoms with Crippen molar-refractivity contribution in [2.45, 2.75) is 0 Å². The Balaban J connectivity index is 2.55. The van der Waals surface area contributed by atoms with Gasteiger partial charge in [-0.1, -0.05) is 12.1 Å². The average Bonchev–Trinajstić information content (AvgIpc) is 2.48. The Morgan fingerprint density at radius 1 is 1.43 bits per heavy atom. The molecule has 0 spiro atoms. The largest absolute Gasteiger partial charge is 0.388 e. The van der Waals surface area contributed by atoms with Gasteiger partial charge in [0.25, 0.3) is 0 Å². The molecule has 0 saturated heterocycles. The minimum Gasteiger partial charge on any atom is -0.388 e. The highest BCUT2D eigenvalue weighted by atomic mass is 79.9. The van der Waals surface area contributed by atoms with Crippen molar-refractivity contribution in [1.29, 1.82) is 0 Å². The van der Waals surface area contributed by atoms with Gasteiger partial charge < -0.3 is 5.73 Å². The molecular formula is C9H6BrFN2S. The molecule has 0 fully saturated rings. The maximum absolute atomic E-state index is 12.9. The van der Waals surface area contributed by atoms with Gasteiger partial charge in [0.1, 0.15) is 16.5 Å². The van der Waals surface area contributed by atoms with E-state index in [-0.39, 0.29) is 5.82 Å². The van der Waals surface area contributed by atoms with Crippen LogP contribution in [0.25, 0.3) is 11.3 Å². The molecule has 2 rings (SSSR count). The van der Waals surface area contributed by atoms with E-state index in [0.29, 0.717) is 10.7 Å². The molecular weight excluding hydrogens is 267 g/mol. The topological polar surface area (TPSA) is 38.9 Å². The van der Waals surface area contributed by atoms with Crippen molar-refractivity contribution in [3.63, 3.8) is 0 Å². The first kappa shape index (κ1) is 9.61. The number of nitrogens with two attached hydrogens (primary N) is 1. The standard InChI is InChI=1S/C9H6BrFN2S/c10-7-8(13-14-9(7)12)5-2-1-3-6(11)4-5/h1-4H,12H2. The van der Waals surface area contributed by atoms with Gasteiger partial charge in [-0.15, -0.1) is 0 Å². The Morgan fingerprint density at radius 2 is 2.21 bits per heavy atom. The first-order valence-electron chi connectivity index (χ1n) is 3.85. The zero-order valence-corrected chi connectivity index (χ0v) is 9.40. The molecule has 0 aliphatic carbocycles. The molecule has 1 aromatic carbocycles. The number of nitrogens with zero attached hydrogens (tertiary/aromatic N) is 1. The summed E-state index contributed by atoms with van der Waals surface area (Å²) in [5, 5.41) is 0.601. The predicted octanol–water partition coefficient (Wildman–Crippen LogP) is 3.29. The molecule has 1 heterocycles. The molecule has 2 N–H and O–H groups in total. The second kappa shape index (κ2) is 3.67. The smallest absolute Gasteiger partial charge is 0.123 e. The minimum absolute atomic E-state index is 0.277. The summed E-state index contributed by atoms with van der Waals surface area (Å²) < 4.78 is 17.8. The van der Waals surface area contributed by atoms with Crippen molar-refractivity contribution < 1.29 is 4.39 Å². The van der Waals surface area contributed by atoms with Gasteiger partial charge in [-0.05, 0) is 39.6 Å². The summed E-state index contributed by atoms with van der Waals surface area (Å²) in [6.45, 7) is 0. The first-order chi connectivity index (χ1) is 6.68. The van der Waals surface area contributed by atoms with Crippen LogP contribution in [0.3, 0.4) is 0 Å². The van der Waals surface area contributed by atoms with Gasteiger partial charge in [0.2, 0.25) is 0 Å². The third-order valence-electron chi connectivity index (χ3n) is 1.76. The van der Waals surface area contributed by atoms with Crippen LogP contribution in [0.1, 0.15) is 0 Å². The molecule has 0 unspecified atom stereocenters. The second-order valence-electron chi connectivity index (χ2n) is 2.72. The van der Waals surface area contributed by atoms with Gasteiger partial charge in [0, 0.05) is 5.56 Å². The maximum atomic E-state index is 12.9. The van der Waals surface area contributed by atoms with E-state index in [1.165, 1.54) is 23.7 Å². The molecule has 72 valence electrons. The van der Waals surface area contributed by atoms with Crippen LogP contribution in [0.5, 0.6) is 0 Å². The Kier molecular flexibility index (Phi) is 2.52. The number of rotatable bonds is 1. The van der Waals surface area contributed by atoms with Gasteiger partial charge in [-0.25, -0.2) is 4.39 Å². The number of anilines is 1. The van der Waals surface area contributed by atoms with E-state index in [4.69, 9.17) is 5.73 Å². The summed E-state index contributed by atoms with van der Waals surface area (Å²) in [7, 11) is 0. The third kappa shape index (κ3) is 1.65. The van der Waals surface area contributed by atoms with E-state index in [1.54, 1.807) is 12.1 Å². The lowest BCUT2D eigenvalue weighted by molar-refractivity contribution is 0.628. The molecule has 5 heteroatoms. The molecule has 2 nitrogen and oxygen atoms in total. The average molecular weight is 273 g/mol. The van der Waals surface area contributed by atoms with Crippen molar-refractivity contribution >= 4 is 32.5 Å². The van der Waals surface area contributed by atoms with Crippen LogP contribution in [-0.4, -0.2) is 4.37 Å². The van der Waals surface area contributed by atoms with Crippen LogP contribution in [0.2, 0.25) is 0 Å². The van der Waals surface area contributed by atoms with Gasteiger partial charge in [-0.2, -0.15) is 4.37 Å². The normalized spacial score (nSPS) is 10.4. The fourth-order valence-electron chi connectivity index (χ4n) is 1.11. The highest BCUT2D eigenvalue weighted by molar-refractivity contribution is 9.10. The van der Waals surface area contributed by atoms with Gasteiger partial charge in [0.15, 0.2) is 0 Å². The van der Waals surface area contributed by atoms with Crippen LogP contribution in [-0.2, 0) is 0 Å². The molecule has 14 heavy (non-hydrogen) atoms. The Morgan fingerprint density at radius 3 is 2.79 bits per heavy atom. The molecule has 0 saturated carbocycles. The highest BCUT2D eigenvalue weighted by Gasteiger charge is 2.10.